The van der Waals surface area contributed by atoms with Gasteiger partial charge in [-0.2, -0.15) is 0 Å². The largest absolute Gasteiger partial charge is 0.465 e. The van der Waals surface area contributed by atoms with E-state index in [-0.39, 0.29) is 11.9 Å². The number of likely N-dealkylation sites (tertiary alicyclic amines) is 1. The zero-order chi connectivity index (χ0) is 27.9. The van der Waals surface area contributed by atoms with E-state index < -0.39 is 6.09 Å². The van der Waals surface area contributed by atoms with Crippen molar-refractivity contribution in [1.29, 1.82) is 0 Å². The molecule has 0 radical (unpaired) electrons. The molecule has 10 nitrogen and oxygen atoms in total. The summed E-state index contributed by atoms with van der Waals surface area (Å²) in [4.78, 5) is 29.1. The summed E-state index contributed by atoms with van der Waals surface area (Å²) in [7, 11) is 0. The minimum absolute atomic E-state index is 0.0862. The maximum absolute atomic E-state index is 14.0. The second-order valence-electron chi connectivity index (χ2n) is 11.2. The molecule has 0 saturated carbocycles. The Hall–Kier alpha value is -4.25. The van der Waals surface area contributed by atoms with Crippen molar-refractivity contribution in [2.75, 3.05) is 62.2 Å². The van der Waals surface area contributed by atoms with Gasteiger partial charge in [-0.15, -0.1) is 5.10 Å². The lowest BCUT2D eigenvalue weighted by Gasteiger charge is -2.42. The first-order valence-electron chi connectivity index (χ1n) is 14.3. The molecule has 0 bridgehead atoms. The number of hydrogen-bond donors (Lipinski definition) is 1. The van der Waals surface area contributed by atoms with Crippen LogP contribution in [0.4, 0.5) is 20.8 Å². The molecule has 11 heteroatoms. The van der Waals surface area contributed by atoms with Crippen LogP contribution >= 0.6 is 0 Å². The van der Waals surface area contributed by atoms with Crippen molar-refractivity contribution >= 4 is 23.4 Å². The highest BCUT2D eigenvalue weighted by Crippen LogP contribution is 2.36. The number of aromatic nitrogens is 4. The van der Waals surface area contributed by atoms with Gasteiger partial charge < -0.3 is 19.8 Å². The summed E-state index contributed by atoms with van der Waals surface area (Å²) in [6, 6.07) is 17.0. The number of rotatable bonds is 6. The van der Waals surface area contributed by atoms with Crippen LogP contribution in [-0.4, -0.2) is 92.9 Å². The van der Waals surface area contributed by atoms with E-state index in [1.807, 2.05) is 47.1 Å². The van der Waals surface area contributed by atoms with Gasteiger partial charge >= 0.3 is 6.09 Å². The highest BCUT2D eigenvalue weighted by atomic mass is 19.1. The van der Waals surface area contributed by atoms with Crippen LogP contribution in [0.25, 0.3) is 17.0 Å². The molecule has 41 heavy (non-hydrogen) atoms. The quantitative estimate of drug-likeness (QED) is 0.381. The predicted molar refractivity (Wildman–Crippen MR) is 154 cm³/mol. The number of carboxylic acid groups (broad SMARTS) is 1. The predicted octanol–water partition coefficient (Wildman–Crippen LogP) is 4.00. The molecule has 1 atom stereocenters. The summed E-state index contributed by atoms with van der Waals surface area (Å²) in [5, 5.41) is 14.1. The van der Waals surface area contributed by atoms with E-state index in [1.54, 1.807) is 12.1 Å². The van der Waals surface area contributed by atoms with Crippen LogP contribution in [0.3, 0.4) is 0 Å². The summed E-state index contributed by atoms with van der Waals surface area (Å²) in [5.74, 6) is 1.98. The van der Waals surface area contributed by atoms with E-state index in [2.05, 4.69) is 19.7 Å². The molecule has 3 fully saturated rings. The number of halogens is 1. The second-order valence-corrected chi connectivity index (χ2v) is 11.2. The third-order valence-electron chi connectivity index (χ3n) is 8.57. The van der Waals surface area contributed by atoms with Crippen molar-refractivity contribution in [3.8, 4) is 11.4 Å². The van der Waals surface area contributed by atoms with Crippen LogP contribution in [0.5, 0.6) is 0 Å². The average molecular weight is 557 g/mol. The molecule has 0 spiro atoms. The van der Waals surface area contributed by atoms with E-state index in [0.717, 1.165) is 86.3 Å². The van der Waals surface area contributed by atoms with Gasteiger partial charge in [0, 0.05) is 58.3 Å². The monoisotopic (exact) mass is 556 g/mol. The Morgan fingerprint density at radius 2 is 1.80 bits per heavy atom. The number of pyridine rings is 1. The number of anilines is 2. The molecule has 1 aromatic carbocycles. The fraction of sp³-hybridized carbons (Fsp3) is 0.400. The molecular weight excluding hydrogens is 523 g/mol. The summed E-state index contributed by atoms with van der Waals surface area (Å²) < 4.78 is 15.8. The van der Waals surface area contributed by atoms with E-state index in [0.29, 0.717) is 19.0 Å². The maximum Gasteiger partial charge on any atom is 0.407 e. The molecule has 212 valence electrons. The second kappa shape index (κ2) is 10.6. The van der Waals surface area contributed by atoms with Gasteiger partial charge in [0.15, 0.2) is 5.65 Å². The number of benzene rings is 1. The normalized spacial score (nSPS) is 20.1. The third-order valence-corrected chi connectivity index (χ3v) is 8.57. The van der Waals surface area contributed by atoms with Gasteiger partial charge in [0.1, 0.15) is 23.1 Å². The molecule has 3 aliphatic heterocycles. The van der Waals surface area contributed by atoms with Gasteiger partial charge in [0.25, 0.3) is 0 Å². The molecule has 1 N–H and O–H groups in total. The highest BCUT2D eigenvalue weighted by Gasteiger charge is 2.32. The fourth-order valence-electron chi connectivity index (χ4n) is 6.40. The molecule has 0 aliphatic carbocycles. The highest BCUT2D eigenvalue weighted by molar-refractivity contribution is 5.66. The van der Waals surface area contributed by atoms with Crippen LogP contribution in [0, 0.1) is 11.7 Å². The summed E-state index contributed by atoms with van der Waals surface area (Å²) in [5.41, 5.74) is 3.37. The van der Waals surface area contributed by atoms with Crippen molar-refractivity contribution < 1.29 is 14.3 Å². The lowest BCUT2D eigenvalue weighted by molar-refractivity contribution is 0.0608. The van der Waals surface area contributed by atoms with Gasteiger partial charge in [0.05, 0.1) is 17.9 Å². The number of imidazole rings is 1. The molecule has 3 aromatic heterocycles. The molecule has 1 amide bonds. The summed E-state index contributed by atoms with van der Waals surface area (Å²) in [6.07, 6.45) is 2.98. The first-order chi connectivity index (χ1) is 20.0. The molecular formula is C30H33FN8O2. The van der Waals surface area contributed by atoms with Gasteiger partial charge in [-0.05, 0) is 54.8 Å². The number of hydrogen-bond acceptors (Lipinski definition) is 7. The Morgan fingerprint density at radius 1 is 0.976 bits per heavy atom. The number of piperazine rings is 1. The molecule has 7 rings (SSSR count). The van der Waals surface area contributed by atoms with Gasteiger partial charge in [0.2, 0.25) is 0 Å². The molecule has 6 heterocycles. The SMILES string of the molecule is O=C(O)N1CC(CN2CCN(c3cccc(-c4cnc5ccc(N6CCCC6c6cccc(F)c6)nn45)n3)CC2)C1. The van der Waals surface area contributed by atoms with Crippen LogP contribution in [-0.2, 0) is 0 Å². The van der Waals surface area contributed by atoms with Crippen LogP contribution in [0.15, 0.2) is 60.8 Å². The molecule has 3 aliphatic rings. The van der Waals surface area contributed by atoms with Crippen LogP contribution in [0.1, 0.15) is 24.4 Å². The van der Waals surface area contributed by atoms with Crippen molar-refractivity contribution in [2.24, 2.45) is 5.92 Å². The van der Waals surface area contributed by atoms with E-state index in [1.165, 1.54) is 11.0 Å². The smallest absolute Gasteiger partial charge is 0.407 e. The van der Waals surface area contributed by atoms with Crippen molar-refractivity contribution in [1.82, 2.24) is 29.4 Å². The minimum Gasteiger partial charge on any atom is -0.465 e. The zero-order valence-electron chi connectivity index (χ0n) is 22.8. The maximum atomic E-state index is 14.0. The van der Waals surface area contributed by atoms with E-state index in [9.17, 15) is 9.18 Å². The lowest BCUT2D eigenvalue weighted by Crippen LogP contribution is -2.56. The standard InChI is InChI=1S/C30H33FN8O2/c31-23-5-1-4-22(16-23)25-7-3-11-38(25)29-10-9-27-32-17-26(39(27)34-29)24-6-2-8-28(33-24)36-14-12-35(13-15-36)18-21-19-37(20-21)30(40)41/h1-2,4-6,8-10,16-17,21,25H,3,7,11-15,18-20H2,(H,40,41). The Morgan fingerprint density at radius 3 is 2.61 bits per heavy atom. The fourth-order valence-corrected chi connectivity index (χ4v) is 6.40. The van der Waals surface area contributed by atoms with Crippen LogP contribution in [0.2, 0.25) is 0 Å². The summed E-state index contributed by atoms with van der Waals surface area (Å²) >= 11 is 0. The Bertz CT molecular complexity index is 1560. The van der Waals surface area contributed by atoms with Gasteiger partial charge in [-0.25, -0.2) is 23.7 Å². The Labute approximate surface area is 237 Å². The molecule has 1 unspecified atom stereocenters. The first-order valence-corrected chi connectivity index (χ1v) is 14.3. The van der Waals surface area contributed by atoms with Crippen LogP contribution < -0.4 is 9.80 Å². The zero-order valence-corrected chi connectivity index (χ0v) is 22.8. The molecule has 3 saturated heterocycles. The number of nitrogens with zero attached hydrogens (tertiary/aromatic N) is 8. The lowest BCUT2D eigenvalue weighted by atomic mass is 10.00. The van der Waals surface area contributed by atoms with E-state index in [4.69, 9.17) is 15.2 Å². The van der Waals surface area contributed by atoms with Gasteiger partial charge in [-0.3, -0.25) is 4.90 Å². The number of carbonyl (C=O) groups is 1. The Balaban J connectivity index is 1.07. The number of amides is 1. The molecule has 4 aromatic rings. The van der Waals surface area contributed by atoms with Crippen molar-refractivity contribution in [2.45, 2.75) is 18.9 Å². The Kier molecular flexibility index (Phi) is 6.66. The topological polar surface area (TPSA) is 93.3 Å². The third kappa shape index (κ3) is 5.06. The average Bonchev–Trinajstić information content (AvgIpc) is 3.62. The van der Waals surface area contributed by atoms with E-state index >= 15 is 0 Å². The van der Waals surface area contributed by atoms with Crippen molar-refractivity contribution in [3.05, 3.63) is 72.2 Å². The first kappa shape index (κ1) is 25.7. The number of fused-ring (bicyclic) bond motifs is 1. The minimum atomic E-state index is -0.821. The summed E-state index contributed by atoms with van der Waals surface area (Å²) in [6.45, 7) is 6.68. The van der Waals surface area contributed by atoms with Crippen molar-refractivity contribution in [3.63, 3.8) is 0 Å². The van der Waals surface area contributed by atoms with Gasteiger partial charge in [-0.1, -0.05) is 18.2 Å².